The molecule has 3 heterocycles. The molecular formula is C41H52Cl3N3O7. The Hall–Kier alpha value is -3.13. The molecule has 7 N–H and O–H groups in total. The molecule has 0 aliphatic carbocycles. The van der Waals surface area contributed by atoms with E-state index < -0.39 is 15.1 Å². The molecule has 0 bridgehead atoms. The van der Waals surface area contributed by atoms with Crippen LogP contribution in [-0.4, -0.2) is 89.9 Å². The predicted molar refractivity (Wildman–Crippen MR) is 219 cm³/mol. The molecule has 0 aliphatic rings. The molecule has 0 saturated carbocycles. The van der Waals surface area contributed by atoms with Gasteiger partial charge < -0.3 is 49.6 Å². The summed E-state index contributed by atoms with van der Waals surface area (Å²) < 4.78 is 14.6. The first-order valence-electron chi connectivity index (χ1n) is 17.7. The maximum absolute atomic E-state index is 9.71. The Labute approximate surface area is 331 Å². The van der Waals surface area contributed by atoms with E-state index in [1.165, 1.54) is 0 Å². The summed E-state index contributed by atoms with van der Waals surface area (Å²) >= 11 is 18.2. The molecule has 10 nitrogen and oxygen atoms in total. The Morgan fingerprint density at radius 3 is 1.46 bits per heavy atom. The fourth-order valence-corrected chi connectivity index (χ4v) is 7.57. The highest BCUT2D eigenvalue weighted by atomic mass is 35.6. The van der Waals surface area contributed by atoms with Gasteiger partial charge in [-0.15, -0.1) is 0 Å². The van der Waals surface area contributed by atoms with Gasteiger partial charge in [-0.05, 0) is 74.2 Å². The van der Waals surface area contributed by atoms with Crippen molar-refractivity contribution in [3.05, 3.63) is 108 Å². The minimum absolute atomic E-state index is 0.0231. The summed E-state index contributed by atoms with van der Waals surface area (Å²) in [5.74, 6) is -0.484. The Morgan fingerprint density at radius 2 is 1.04 bits per heavy atom. The van der Waals surface area contributed by atoms with E-state index in [1.54, 1.807) is 32.9 Å². The molecule has 5 unspecified atom stereocenters. The fraction of sp³-hybridized carbons (Fsp3) is 0.415. The van der Waals surface area contributed by atoms with Crippen molar-refractivity contribution in [2.45, 2.75) is 59.4 Å². The number of likely N-dealkylation sites (N-methyl/N-ethyl adjacent to an activating group) is 3. The van der Waals surface area contributed by atoms with Crippen LogP contribution in [0.5, 0.6) is 0 Å². The number of alkyl halides is 3. The molecule has 0 saturated heterocycles. The molecule has 0 spiro atoms. The zero-order valence-corrected chi connectivity index (χ0v) is 33.7. The smallest absolute Gasteiger partial charge is 0.198 e. The Bertz CT molecular complexity index is 2030. The summed E-state index contributed by atoms with van der Waals surface area (Å²) in [6.07, 6.45) is 4.95. The summed E-state index contributed by atoms with van der Waals surface area (Å²) in [5, 5.41) is 50.3. The van der Waals surface area contributed by atoms with E-state index in [0.717, 1.165) is 49.6 Å². The highest BCUT2D eigenvalue weighted by Crippen LogP contribution is 2.44. The second-order valence-electron chi connectivity index (χ2n) is 14.0. The van der Waals surface area contributed by atoms with Gasteiger partial charge in [-0.25, -0.2) is 0 Å². The van der Waals surface area contributed by atoms with E-state index in [2.05, 4.69) is 48.0 Å². The average Bonchev–Trinajstić information content (AvgIpc) is 3.95. The number of aliphatic hydroxyl groups is 4. The monoisotopic (exact) mass is 803 g/mol. The minimum atomic E-state index is -1.53. The van der Waals surface area contributed by atoms with Crippen LogP contribution in [0.15, 0.2) is 105 Å². The van der Waals surface area contributed by atoms with Gasteiger partial charge in [0.15, 0.2) is 3.79 Å². The van der Waals surface area contributed by atoms with Crippen molar-refractivity contribution in [2.75, 3.05) is 47.6 Å². The van der Waals surface area contributed by atoms with Gasteiger partial charge in [0.25, 0.3) is 0 Å². The summed E-state index contributed by atoms with van der Waals surface area (Å²) in [6, 6.07) is 22.8. The van der Waals surface area contributed by atoms with E-state index in [1.807, 2.05) is 68.6 Å². The van der Waals surface area contributed by atoms with Gasteiger partial charge in [0.1, 0.15) is 16.7 Å². The molecule has 0 radical (unpaired) electrons. The first kappa shape index (κ1) is 43.6. The quantitative estimate of drug-likeness (QED) is 0.0606. The zero-order chi connectivity index (χ0) is 39.7. The van der Waals surface area contributed by atoms with Gasteiger partial charge >= 0.3 is 0 Å². The molecule has 0 fully saturated rings. The van der Waals surface area contributed by atoms with Crippen LogP contribution < -0.4 is 16.0 Å². The summed E-state index contributed by atoms with van der Waals surface area (Å²) in [6.45, 7) is 6.05. The van der Waals surface area contributed by atoms with Gasteiger partial charge in [-0.3, -0.25) is 0 Å². The molecular weight excluding hydrogens is 753 g/mol. The average molecular weight is 805 g/mol. The number of fused-ring (bicyclic) bond motifs is 3. The van der Waals surface area contributed by atoms with Crippen molar-refractivity contribution in [1.29, 1.82) is 0 Å². The van der Waals surface area contributed by atoms with Gasteiger partial charge in [0, 0.05) is 51.0 Å². The fourth-order valence-electron chi connectivity index (χ4n) is 6.74. The lowest BCUT2D eigenvalue weighted by molar-refractivity contribution is 0.126. The molecule has 54 heavy (non-hydrogen) atoms. The summed E-state index contributed by atoms with van der Waals surface area (Å²) in [7, 11) is 5.37. The van der Waals surface area contributed by atoms with E-state index in [4.69, 9.17) is 48.1 Å². The number of hydrogen-bond donors (Lipinski definition) is 7. The van der Waals surface area contributed by atoms with Crippen LogP contribution >= 0.6 is 34.8 Å². The summed E-state index contributed by atoms with van der Waals surface area (Å²) in [4.78, 5) is 0. The SMILES string of the molecule is CNC(CO)C(C)(C)c1ccc2ccoc2c1.CNC(CO)C(C)(CO)c1ccc2ccoc2c1.CNC(CO)C(c1ccc2ccoc2c1)C(Cl)(Cl)Cl. The van der Waals surface area contributed by atoms with E-state index in [9.17, 15) is 20.4 Å². The third-order valence-electron chi connectivity index (χ3n) is 10.5. The highest BCUT2D eigenvalue weighted by molar-refractivity contribution is 6.68. The second kappa shape index (κ2) is 19.1. The molecule has 5 atom stereocenters. The zero-order valence-electron chi connectivity index (χ0n) is 31.4. The lowest BCUT2D eigenvalue weighted by atomic mass is 9.76. The molecule has 0 amide bonds. The van der Waals surface area contributed by atoms with Crippen LogP contribution in [0.2, 0.25) is 0 Å². The molecule has 294 valence electrons. The topological polar surface area (TPSA) is 156 Å². The van der Waals surface area contributed by atoms with Crippen LogP contribution in [0.4, 0.5) is 0 Å². The van der Waals surface area contributed by atoms with Crippen LogP contribution in [0.3, 0.4) is 0 Å². The maximum atomic E-state index is 9.71. The van der Waals surface area contributed by atoms with Crippen LogP contribution in [0, 0.1) is 0 Å². The molecule has 6 aromatic rings. The Morgan fingerprint density at radius 1 is 0.574 bits per heavy atom. The normalized spacial score (nSPS) is 15.5. The third-order valence-corrected chi connectivity index (χ3v) is 11.2. The number of nitrogens with one attached hydrogen (secondary N) is 3. The predicted octanol–water partition coefficient (Wildman–Crippen LogP) is 7.02. The maximum Gasteiger partial charge on any atom is 0.198 e. The largest absolute Gasteiger partial charge is 0.464 e. The van der Waals surface area contributed by atoms with Gasteiger partial charge in [-0.1, -0.05) is 92.0 Å². The number of rotatable bonds is 13. The number of halogens is 3. The molecule has 0 aliphatic heterocycles. The first-order valence-corrected chi connectivity index (χ1v) is 18.8. The Balaban J connectivity index is 0.000000181. The first-order chi connectivity index (χ1) is 25.7. The summed E-state index contributed by atoms with van der Waals surface area (Å²) in [5.41, 5.74) is 4.62. The van der Waals surface area contributed by atoms with Crippen LogP contribution in [-0.2, 0) is 10.8 Å². The molecule has 13 heteroatoms. The number of benzene rings is 3. The van der Waals surface area contributed by atoms with E-state index in [-0.39, 0.29) is 50.0 Å². The van der Waals surface area contributed by atoms with Gasteiger partial charge in [0.05, 0.1) is 45.2 Å². The number of furan rings is 3. The molecule has 3 aromatic carbocycles. The number of aliphatic hydroxyl groups excluding tert-OH is 4. The van der Waals surface area contributed by atoms with E-state index >= 15 is 0 Å². The van der Waals surface area contributed by atoms with Crippen molar-refractivity contribution in [2.24, 2.45) is 0 Å². The van der Waals surface area contributed by atoms with Crippen molar-refractivity contribution in [3.8, 4) is 0 Å². The van der Waals surface area contributed by atoms with Crippen molar-refractivity contribution < 1.29 is 33.7 Å². The van der Waals surface area contributed by atoms with Crippen molar-refractivity contribution in [3.63, 3.8) is 0 Å². The third kappa shape index (κ3) is 9.81. The Kier molecular flexibility index (Phi) is 15.5. The molecule has 3 aromatic heterocycles. The van der Waals surface area contributed by atoms with Crippen LogP contribution in [0.25, 0.3) is 32.9 Å². The van der Waals surface area contributed by atoms with Crippen molar-refractivity contribution >= 4 is 67.7 Å². The van der Waals surface area contributed by atoms with Gasteiger partial charge in [0.2, 0.25) is 0 Å². The van der Waals surface area contributed by atoms with Gasteiger partial charge in [-0.2, -0.15) is 0 Å². The minimum Gasteiger partial charge on any atom is -0.464 e. The number of hydrogen-bond acceptors (Lipinski definition) is 10. The second-order valence-corrected chi connectivity index (χ2v) is 16.4. The lowest BCUT2D eigenvalue weighted by Gasteiger charge is -2.35. The van der Waals surface area contributed by atoms with Crippen molar-refractivity contribution in [1.82, 2.24) is 16.0 Å². The lowest BCUT2D eigenvalue weighted by Crippen LogP contribution is -2.50. The highest BCUT2D eigenvalue weighted by Gasteiger charge is 2.39. The molecule has 6 rings (SSSR count). The van der Waals surface area contributed by atoms with E-state index in [0.29, 0.717) is 0 Å². The van der Waals surface area contributed by atoms with Crippen LogP contribution in [0.1, 0.15) is 43.4 Å². The standard InChI is InChI=1S/C14H19NO3.C14H19NO2.C13H14Cl3NO2/c1-14(9-17,13(8-16)15-2)11-4-3-10-5-6-18-12(10)7-11;1-14(2,13(9-16)15-3)11-5-4-10-6-7-17-12(10)8-11;1-17-10(7-18)12(13(14,15)16)9-3-2-8-4-5-19-11(8)6-9/h3-7,13,15-17H,8-9H2,1-2H3;4-8,13,15-16H,9H2,1-3H3;2-6,10,12,17-18H,7H2,1H3.